The van der Waals surface area contributed by atoms with Gasteiger partial charge in [-0.05, 0) is 81.0 Å². The molecule has 2 heterocycles. The zero-order valence-electron chi connectivity index (χ0n) is 24.4. The van der Waals surface area contributed by atoms with Gasteiger partial charge in [0.15, 0.2) is 0 Å². The Kier molecular flexibility index (Phi) is 7.88. The maximum absolute atomic E-state index is 13.5. The number of aryl methyl sites for hydroxylation is 1. The van der Waals surface area contributed by atoms with E-state index >= 15 is 0 Å². The van der Waals surface area contributed by atoms with Crippen LogP contribution in [0.3, 0.4) is 0 Å². The fourth-order valence-electron chi connectivity index (χ4n) is 5.95. The summed E-state index contributed by atoms with van der Waals surface area (Å²) < 4.78 is 28.4. The molecule has 0 unspecified atom stereocenters. The molecule has 0 amide bonds. The van der Waals surface area contributed by atoms with Crippen molar-refractivity contribution < 1.29 is 8.42 Å². The maximum Gasteiger partial charge on any atom is 0.268 e. The number of benzene rings is 3. The second-order valence-corrected chi connectivity index (χ2v) is 13.4. The standard InChI is InChI=1S/C33H38N6O2S/c1-23-12-18-27(19-13-23)42(40,41)39-22-25(28-8-5-7-11-31(28)39)21-34-20-24-14-16-26(17-15-24)35-33-36-30-10-6-4-9-29(30)32(37-33)38(2)3/h4-13,18-19,22,24,26,34H,14-17,20-21H2,1-3H3,(H,35,36,37)/t24-,26+. The van der Waals surface area contributed by atoms with Crippen LogP contribution in [0.25, 0.3) is 21.8 Å². The van der Waals surface area contributed by atoms with Gasteiger partial charge in [0.1, 0.15) is 5.82 Å². The Bertz CT molecular complexity index is 1810. The second kappa shape index (κ2) is 11.7. The van der Waals surface area contributed by atoms with Crippen molar-refractivity contribution in [3.8, 4) is 0 Å². The van der Waals surface area contributed by atoms with Crippen molar-refractivity contribution in [1.29, 1.82) is 0 Å². The van der Waals surface area contributed by atoms with Crippen LogP contribution in [-0.4, -0.2) is 49.0 Å². The van der Waals surface area contributed by atoms with Crippen LogP contribution in [0.5, 0.6) is 0 Å². The van der Waals surface area contributed by atoms with Crippen LogP contribution in [0, 0.1) is 12.8 Å². The highest BCUT2D eigenvalue weighted by Gasteiger charge is 2.24. The van der Waals surface area contributed by atoms with Gasteiger partial charge in [-0.1, -0.05) is 48.0 Å². The van der Waals surface area contributed by atoms with E-state index in [4.69, 9.17) is 9.97 Å². The number of hydrogen-bond acceptors (Lipinski definition) is 7. The zero-order chi connectivity index (χ0) is 29.3. The number of aromatic nitrogens is 3. The SMILES string of the molecule is Cc1ccc(S(=O)(=O)n2cc(CNC[C@H]3CC[C@@H](Nc4nc(N(C)C)c5ccccc5n4)CC3)c3ccccc32)cc1. The molecule has 0 aliphatic heterocycles. The van der Waals surface area contributed by atoms with Crippen molar-refractivity contribution in [2.75, 3.05) is 30.9 Å². The van der Waals surface area contributed by atoms with Gasteiger partial charge < -0.3 is 15.5 Å². The highest BCUT2D eigenvalue weighted by atomic mass is 32.2. The Labute approximate surface area is 247 Å². The molecule has 9 heteroatoms. The van der Waals surface area contributed by atoms with Crippen molar-refractivity contribution in [1.82, 2.24) is 19.3 Å². The van der Waals surface area contributed by atoms with Gasteiger partial charge in [0.2, 0.25) is 5.95 Å². The van der Waals surface area contributed by atoms with Crippen molar-refractivity contribution in [2.24, 2.45) is 5.92 Å². The molecular weight excluding hydrogens is 544 g/mol. The normalized spacial score (nSPS) is 17.5. The fraction of sp³-hybridized carbons (Fsp3) is 0.333. The van der Waals surface area contributed by atoms with Crippen molar-refractivity contribution >= 4 is 43.6 Å². The Morgan fingerprint density at radius 2 is 1.57 bits per heavy atom. The summed E-state index contributed by atoms with van der Waals surface area (Å²) in [6.07, 6.45) is 6.13. The molecule has 0 atom stereocenters. The van der Waals surface area contributed by atoms with Gasteiger partial charge >= 0.3 is 0 Å². The lowest BCUT2D eigenvalue weighted by atomic mass is 9.86. The summed E-state index contributed by atoms with van der Waals surface area (Å²) in [6, 6.07) is 23.2. The van der Waals surface area contributed by atoms with Gasteiger partial charge in [0.25, 0.3) is 10.0 Å². The minimum atomic E-state index is -3.69. The largest absolute Gasteiger partial charge is 0.362 e. The third-order valence-electron chi connectivity index (χ3n) is 8.27. The van der Waals surface area contributed by atoms with Gasteiger partial charge in [-0.2, -0.15) is 4.98 Å². The average Bonchev–Trinajstić information content (AvgIpc) is 3.37. The predicted octanol–water partition coefficient (Wildman–Crippen LogP) is 5.96. The topological polar surface area (TPSA) is 92.2 Å². The summed E-state index contributed by atoms with van der Waals surface area (Å²) in [7, 11) is 0.333. The van der Waals surface area contributed by atoms with Crippen molar-refractivity contribution in [3.05, 3.63) is 90.1 Å². The summed E-state index contributed by atoms with van der Waals surface area (Å²) in [5, 5.41) is 9.23. The van der Waals surface area contributed by atoms with Crippen LogP contribution in [0.15, 0.2) is 83.9 Å². The third-order valence-corrected chi connectivity index (χ3v) is 9.96. The Morgan fingerprint density at radius 3 is 2.31 bits per heavy atom. The molecule has 0 radical (unpaired) electrons. The molecule has 8 nitrogen and oxygen atoms in total. The van der Waals surface area contributed by atoms with Crippen LogP contribution in [-0.2, 0) is 16.6 Å². The summed E-state index contributed by atoms with van der Waals surface area (Å²) in [5.74, 6) is 2.19. The molecular formula is C33H38N6O2S. The van der Waals surface area contributed by atoms with E-state index in [1.165, 1.54) is 3.97 Å². The number of nitrogens with zero attached hydrogens (tertiary/aromatic N) is 4. The van der Waals surface area contributed by atoms with E-state index in [1.807, 2.05) is 80.5 Å². The summed E-state index contributed by atoms with van der Waals surface area (Å²) in [5.41, 5.74) is 3.67. The molecule has 218 valence electrons. The number of para-hydroxylation sites is 2. The zero-order valence-corrected chi connectivity index (χ0v) is 25.2. The van der Waals surface area contributed by atoms with Gasteiger partial charge in [-0.3, -0.25) is 0 Å². The van der Waals surface area contributed by atoms with Gasteiger partial charge in [-0.15, -0.1) is 0 Å². The lowest BCUT2D eigenvalue weighted by molar-refractivity contribution is 0.324. The smallest absolute Gasteiger partial charge is 0.268 e. The van der Waals surface area contributed by atoms with E-state index < -0.39 is 10.0 Å². The molecule has 0 saturated heterocycles. The lowest BCUT2D eigenvalue weighted by Gasteiger charge is -2.29. The van der Waals surface area contributed by atoms with Crippen molar-refractivity contribution in [3.63, 3.8) is 0 Å². The molecule has 5 aromatic rings. The average molecular weight is 583 g/mol. The van der Waals surface area contributed by atoms with Crippen molar-refractivity contribution in [2.45, 2.75) is 50.1 Å². The minimum Gasteiger partial charge on any atom is -0.362 e. The van der Waals surface area contributed by atoms with Crippen LogP contribution >= 0.6 is 0 Å². The number of fused-ring (bicyclic) bond motifs is 2. The molecule has 0 spiro atoms. The number of hydrogen-bond donors (Lipinski definition) is 2. The Balaban J connectivity index is 1.08. The second-order valence-electron chi connectivity index (χ2n) is 11.6. The Morgan fingerprint density at radius 1 is 0.881 bits per heavy atom. The maximum atomic E-state index is 13.5. The molecule has 1 saturated carbocycles. The summed E-state index contributed by atoms with van der Waals surface area (Å²) in [4.78, 5) is 11.9. The van der Waals surface area contributed by atoms with E-state index in [-0.39, 0.29) is 0 Å². The molecule has 42 heavy (non-hydrogen) atoms. The van der Waals surface area contributed by atoms with Gasteiger partial charge in [-0.25, -0.2) is 17.4 Å². The van der Waals surface area contributed by atoms with Gasteiger partial charge in [0, 0.05) is 43.7 Å². The predicted molar refractivity (Wildman–Crippen MR) is 171 cm³/mol. The first-order valence-electron chi connectivity index (χ1n) is 14.6. The summed E-state index contributed by atoms with van der Waals surface area (Å²) >= 11 is 0. The number of rotatable bonds is 9. The van der Waals surface area contributed by atoms with Crippen LogP contribution in [0.4, 0.5) is 11.8 Å². The molecule has 2 N–H and O–H groups in total. The summed E-state index contributed by atoms with van der Waals surface area (Å²) in [6.45, 7) is 3.47. The first kappa shape index (κ1) is 28.2. The van der Waals surface area contributed by atoms with E-state index in [2.05, 4.69) is 16.7 Å². The highest BCUT2D eigenvalue weighted by Crippen LogP contribution is 2.29. The molecule has 1 aliphatic rings. The van der Waals surface area contributed by atoms with Crippen LogP contribution in [0.2, 0.25) is 0 Å². The first-order valence-corrected chi connectivity index (χ1v) is 16.1. The molecule has 1 fully saturated rings. The van der Waals surface area contributed by atoms with E-state index in [0.29, 0.717) is 34.9 Å². The van der Waals surface area contributed by atoms with Crippen LogP contribution < -0.4 is 15.5 Å². The molecule has 2 aromatic heterocycles. The first-order chi connectivity index (χ1) is 20.3. The number of anilines is 2. The lowest BCUT2D eigenvalue weighted by Crippen LogP contribution is -2.31. The molecule has 3 aromatic carbocycles. The minimum absolute atomic E-state index is 0.297. The van der Waals surface area contributed by atoms with E-state index in [1.54, 1.807) is 18.3 Å². The monoisotopic (exact) mass is 582 g/mol. The Hall–Kier alpha value is -3.95. The molecule has 6 rings (SSSR count). The van der Waals surface area contributed by atoms with Crippen LogP contribution in [0.1, 0.15) is 36.8 Å². The third kappa shape index (κ3) is 5.71. The van der Waals surface area contributed by atoms with E-state index in [0.717, 1.165) is 65.5 Å². The molecule has 0 bridgehead atoms. The quantitative estimate of drug-likeness (QED) is 0.222. The van der Waals surface area contributed by atoms with Gasteiger partial charge in [0.05, 0.1) is 15.9 Å². The highest BCUT2D eigenvalue weighted by molar-refractivity contribution is 7.90. The van der Waals surface area contributed by atoms with E-state index in [9.17, 15) is 8.42 Å². The number of nitrogens with one attached hydrogen (secondary N) is 2. The molecule has 1 aliphatic carbocycles. The fourth-order valence-corrected chi connectivity index (χ4v) is 7.34.